The second-order valence-electron chi connectivity index (χ2n) is 4.85. The average molecular weight is 310 g/mol. The van der Waals surface area contributed by atoms with Crippen LogP contribution in [0.25, 0.3) is 0 Å². The van der Waals surface area contributed by atoms with Crippen LogP contribution in [-0.2, 0) is 13.1 Å². The van der Waals surface area contributed by atoms with Crippen LogP contribution < -0.4 is 10.6 Å². The van der Waals surface area contributed by atoms with Crippen LogP contribution in [0.15, 0.2) is 55.0 Å². The van der Waals surface area contributed by atoms with Gasteiger partial charge in [0.25, 0.3) is 0 Å². The summed E-state index contributed by atoms with van der Waals surface area (Å²) in [5.74, 6) is 0.779. The monoisotopic (exact) mass is 310 g/mol. The predicted molar refractivity (Wildman–Crippen MR) is 85.1 cm³/mol. The lowest BCUT2D eigenvalue weighted by atomic mass is 10.2. The molecule has 23 heavy (non-hydrogen) atoms. The smallest absolute Gasteiger partial charge is 0.244 e. The number of nitrogens with one attached hydrogen (secondary N) is 2. The maximum atomic E-state index is 12.9. The molecule has 0 saturated heterocycles. The van der Waals surface area contributed by atoms with E-state index in [1.165, 1.54) is 12.1 Å². The fourth-order valence-corrected chi connectivity index (χ4v) is 1.94. The topological polar surface area (TPSA) is 75.6 Å². The molecule has 0 aliphatic heterocycles. The van der Waals surface area contributed by atoms with Gasteiger partial charge in [-0.05, 0) is 35.4 Å². The van der Waals surface area contributed by atoms with Crippen molar-refractivity contribution in [3.8, 4) is 0 Å². The summed E-state index contributed by atoms with van der Waals surface area (Å²) in [4.78, 5) is 8.31. The Morgan fingerprint density at radius 1 is 0.870 bits per heavy atom. The third kappa shape index (κ3) is 4.44. The highest BCUT2D eigenvalue weighted by atomic mass is 19.1. The molecule has 0 amide bonds. The van der Waals surface area contributed by atoms with E-state index in [1.807, 2.05) is 12.1 Å². The maximum Gasteiger partial charge on any atom is 0.244 e. The van der Waals surface area contributed by atoms with Crippen molar-refractivity contribution in [1.29, 1.82) is 0 Å². The second kappa shape index (κ2) is 7.26. The zero-order valence-electron chi connectivity index (χ0n) is 12.3. The number of halogens is 1. The van der Waals surface area contributed by atoms with E-state index in [1.54, 1.807) is 30.7 Å². The van der Waals surface area contributed by atoms with Gasteiger partial charge in [-0.25, -0.2) is 4.39 Å². The average Bonchev–Trinajstić information content (AvgIpc) is 2.61. The van der Waals surface area contributed by atoms with Gasteiger partial charge >= 0.3 is 0 Å². The predicted octanol–water partition coefficient (Wildman–Crippen LogP) is 2.63. The molecule has 1 aromatic carbocycles. The molecule has 0 aliphatic carbocycles. The summed E-state index contributed by atoms with van der Waals surface area (Å²) in [6, 6.07) is 10.1. The van der Waals surface area contributed by atoms with E-state index < -0.39 is 0 Å². The first-order chi connectivity index (χ1) is 11.3. The highest BCUT2D eigenvalue weighted by Gasteiger charge is 2.01. The van der Waals surface area contributed by atoms with Crippen LogP contribution in [0.2, 0.25) is 0 Å². The summed E-state index contributed by atoms with van der Waals surface area (Å²) in [6.45, 7) is 1.12. The van der Waals surface area contributed by atoms with Crippen molar-refractivity contribution in [2.75, 3.05) is 10.6 Å². The molecule has 0 saturated carbocycles. The fraction of sp³-hybridized carbons (Fsp3) is 0.125. The molecule has 2 aromatic heterocycles. The number of nitrogens with zero attached hydrogens (tertiary/aromatic N) is 4. The highest BCUT2D eigenvalue weighted by Crippen LogP contribution is 2.08. The normalized spacial score (nSPS) is 10.3. The van der Waals surface area contributed by atoms with E-state index in [0.717, 1.165) is 11.1 Å². The number of rotatable bonds is 6. The Morgan fingerprint density at radius 2 is 1.57 bits per heavy atom. The van der Waals surface area contributed by atoms with E-state index >= 15 is 0 Å². The minimum atomic E-state index is -0.256. The van der Waals surface area contributed by atoms with Gasteiger partial charge in [0.2, 0.25) is 5.95 Å². The van der Waals surface area contributed by atoms with Crippen LogP contribution in [-0.4, -0.2) is 20.2 Å². The molecule has 0 atom stereocenters. The molecule has 3 rings (SSSR count). The third-order valence-electron chi connectivity index (χ3n) is 3.15. The van der Waals surface area contributed by atoms with Crippen molar-refractivity contribution in [2.45, 2.75) is 13.1 Å². The Labute approximate surface area is 132 Å². The standard InChI is InChI=1S/C16H15FN6/c17-14-3-1-12(2-4-14)10-20-16-22-15(11-21-23-16)19-9-13-5-7-18-8-6-13/h1-8,11H,9-10H2,(H2,19,20,22,23). The number of hydrogen-bond acceptors (Lipinski definition) is 6. The molecule has 7 heteroatoms. The van der Waals surface area contributed by atoms with Crippen LogP contribution in [0.1, 0.15) is 11.1 Å². The molecular weight excluding hydrogens is 295 g/mol. The minimum Gasteiger partial charge on any atom is -0.365 e. The van der Waals surface area contributed by atoms with Crippen molar-refractivity contribution in [3.05, 3.63) is 71.9 Å². The van der Waals surface area contributed by atoms with E-state index in [-0.39, 0.29) is 5.82 Å². The maximum absolute atomic E-state index is 12.9. The molecule has 116 valence electrons. The van der Waals surface area contributed by atoms with Gasteiger partial charge in [0.1, 0.15) is 5.82 Å². The van der Waals surface area contributed by atoms with Crippen molar-refractivity contribution >= 4 is 11.8 Å². The Bertz CT molecular complexity index is 748. The second-order valence-corrected chi connectivity index (χ2v) is 4.85. The summed E-state index contributed by atoms with van der Waals surface area (Å²) < 4.78 is 12.9. The van der Waals surface area contributed by atoms with Gasteiger partial charge in [-0.3, -0.25) is 4.98 Å². The van der Waals surface area contributed by atoms with E-state index in [2.05, 4.69) is 30.8 Å². The van der Waals surface area contributed by atoms with Gasteiger partial charge in [-0.1, -0.05) is 12.1 Å². The van der Waals surface area contributed by atoms with Gasteiger partial charge < -0.3 is 10.6 Å². The Morgan fingerprint density at radius 3 is 2.35 bits per heavy atom. The molecule has 0 unspecified atom stereocenters. The first-order valence-electron chi connectivity index (χ1n) is 7.10. The Hall–Kier alpha value is -3.09. The summed E-state index contributed by atoms with van der Waals surface area (Å²) in [5, 5.41) is 14.1. The third-order valence-corrected chi connectivity index (χ3v) is 3.15. The molecule has 3 aromatic rings. The lowest BCUT2D eigenvalue weighted by molar-refractivity contribution is 0.627. The zero-order valence-corrected chi connectivity index (χ0v) is 12.3. The first kappa shape index (κ1) is 14.8. The van der Waals surface area contributed by atoms with Crippen molar-refractivity contribution in [2.24, 2.45) is 0 Å². The number of aromatic nitrogens is 4. The summed E-state index contributed by atoms with van der Waals surface area (Å²) in [5.41, 5.74) is 2.03. The summed E-state index contributed by atoms with van der Waals surface area (Å²) in [7, 11) is 0. The molecule has 6 nitrogen and oxygen atoms in total. The molecule has 2 heterocycles. The van der Waals surface area contributed by atoms with Crippen LogP contribution in [0.5, 0.6) is 0 Å². The van der Waals surface area contributed by atoms with Gasteiger partial charge in [-0.2, -0.15) is 10.1 Å². The van der Waals surface area contributed by atoms with Crippen LogP contribution in [0, 0.1) is 5.82 Å². The van der Waals surface area contributed by atoms with Gasteiger partial charge in [-0.15, -0.1) is 5.10 Å². The number of benzene rings is 1. The first-order valence-corrected chi connectivity index (χ1v) is 7.10. The van der Waals surface area contributed by atoms with E-state index in [0.29, 0.717) is 24.9 Å². The minimum absolute atomic E-state index is 0.256. The fourth-order valence-electron chi connectivity index (χ4n) is 1.94. The number of hydrogen-bond donors (Lipinski definition) is 2. The van der Waals surface area contributed by atoms with Crippen molar-refractivity contribution in [1.82, 2.24) is 20.2 Å². The molecule has 0 radical (unpaired) electrons. The molecule has 0 spiro atoms. The van der Waals surface area contributed by atoms with E-state index in [9.17, 15) is 4.39 Å². The summed E-state index contributed by atoms with van der Waals surface area (Å²) in [6.07, 6.45) is 5.04. The van der Waals surface area contributed by atoms with Gasteiger partial charge in [0.05, 0.1) is 6.20 Å². The number of pyridine rings is 1. The largest absolute Gasteiger partial charge is 0.365 e. The molecule has 0 aliphatic rings. The summed E-state index contributed by atoms with van der Waals surface area (Å²) >= 11 is 0. The van der Waals surface area contributed by atoms with Crippen LogP contribution >= 0.6 is 0 Å². The molecular formula is C16H15FN6. The zero-order chi connectivity index (χ0) is 15.9. The lowest BCUT2D eigenvalue weighted by Gasteiger charge is -2.07. The van der Waals surface area contributed by atoms with Crippen molar-refractivity contribution in [3.63, 3.8) is 0 Å². The SMILES string of the molecule is Fc1ccc(CNc2nncc(NCc3ccncc3)n2)cc1. The molecule has 0 fully saturated rings. The van der Waals surface area contributed by atoms with Gasteiger partial charge in [0.15, 0.2) is 5.82 Å². The highest BCUT2D eigenvalue weighted by molar-refractivity contribution is 5.38. The molecule has 2 N–H and O–H groups in total. The quantitative estimate of drug-likeness (QED) is 0.729. The molecule has 0 bridgehead atoms. The number of anilines is 2. The van der Waals surface area contributed by atoms with Crippen LogP contribution in [0.4, 0.5) is 16.2 Å². The van der Waals surface area contributed by atoms with E-state index in [4.69, 9.17) is 0 Å². The van der Waals surface area contributed by atoms with Gasteiger partial charge in [0, 0.05) is 25.5 Å². The Balaban J connectivity index is 1.57. The van der Waals surface area contributed by atoms with Crippen LogP contribution in [0.3, 0.4) is 0 Å². The lowest BCUT2D eigenvalue weighted by Crippen LogP contribution is -2.08. The Kier molecular flexibility index (Phi) is 4.68. The van der Waals surface area contributed by atoms with Crippen molar-refractivity contribution < 1.29 is 4.39 Å².